The molecule has 0 amide bonds. The Kier molecular flexibility index (Phi) is 3.67. The summed E-state index contributed by atoms with van der Waals surface area (Å²) in [5.41, 5.74) is 6.83. The van der Waals surface area contributed by atoms with Gasteiger partial charge >= 0.3 is 0 Å². The summed E-state index contributed by atoms with van der Waals surface area (Å²) in [5.74, 6) is 0. The van der Waals surface area contributed by atoms with Gasteiger partial charge in [0, 0.05) is 40.0 Å². The molecule has 1 aliphatic carbocycles. The molecule has 0 unspecified atom stereocenters. The average Bonchev–Trinajstić information content (AvgIpc) is 3.53. The van der Waals surface area contributed by atoms with E-state index in [1.54, 1.807) is 35.1 Å². The first-order chi connectivity index (χ1) is 14.2. The molecular weight excluding hydrogens is 402 g/mol. The summed E-state index contributed by atoms with van der Waals surface area (Å²) in [6.07, 6.45) is 6.78. The number of rotatable bonds is 3. The Morgan fingerprint density at radius 1 is 1.10 bits per heavy atom. The maximum atomic E-state index is 11.4. The van der Waals surface area contributed by atoms with Crippen LogP contribution in [-0.2, 0) is 12.0 Å². The Labute approximate surface area is 174 Å². The van der Waals surface area contributed by atoms with Crippen LogP contribution in [0.25, 0.3) is 33.0 Å². The zero-order valence-corrected chi connectivity index (χ0v) is 16.8. The van der Waals surface area contributed by atoms with E-state index in [9.17, 15) is 5.11 Å². The first-order valence-corrected chi connectivity index (χ1v) is 11.0. The number of hydrogen-bond donors (Lipinski definition) is 2. The lowest BCUT2D eigenvalue weighted by Crippen LogP contribution is -2.24. The van der Waals surface area contributed by atoms with Crippen molar-refractivity contribution in [3.8, 4) is 21.8 Å². The van der Waals surface area contributed by atoms with Crippen molar-refractivity contribution >= 4 is 33.8 Å². The maximum absolute atomic E-state index is 11.4. The Bertz CT molecular complexity index is 1350. The third-order valence-electron chi connectivity index (χ3n) is 5.42. The minimum atomic E-state index is -1.02. The molecule has 1 atom stereocenters. The van der Waals surface area contributed by atoms with Crippen LogP contribution in [-0.4, -0.2) is 30.0 Å². The second-order valence-electron chi connectivity index (χ2n) is 7.06. The molecule has 142 valence electrons. The predicted molar refractivity (Wildman–Crippen MR) is 114 cm³/mol. The third-order valence-corrected chi connectivity index (χ3v) is 7.20. The van der Waals surface area contributed by atoms with E-state index >= 15 is 0 Å². The Morgan fingerprint density at radius 2 is 2.03 bits per heavy atom. The SMILES string of the molecule is O[C@@]1(c2cccc(-c3nc(-c4c[nH]c5nccnc45)cs3)c2)CCc2scnc21. The molecule has 1 aliphatic rings. The van der Waals surface area contributed by atoms with Gasteiger partial charge in [-0.05, 0) is 24.5 Å². The van der Waals surface area contributed by atoms with E-state index in [1.165, 1.54) is 4.88 Å². The summed E-state index contributed by atoms with van der Waals surface area (Å²) >= 11 is 3.20. The number of aromatic amines is 1. The predicted octanol–water partition coefficient (Wildman–Crippen LogP) is 4.39. The summed E-state index contributed by atoms with van der Waals surface area (Å²) in [6.45, 7) is 0. The monoisotopic (exact) mass is 417 g/mol. The molecule has 4 aromatic heterocycles. The van der Waals surface area contributed by atoms with Crippen LogP contribution < -0.4 is 0 Å². The van der Waals surface area contributed by atoms with Crippen LogP contribution in [0.3, 0.4) is 0 Å². The number of H-pyrrole nitrogens is 1. The number of aromatic nitrogens is 5. The second kappa shape index (κ2) is 6.28. The topological polar surface area (TPSA) is 87.6 Å². The first kappa shape index (κ1) is 17.0. The van der Waals surface area contributed by atoms with Gasteiger partial charge in [0.15, 0.2) is 5.65 Å². The van der Waals surface area contributed by atoms with Crippen molar-refractivity contribution in [2.45, 2.75) is 18.4 Å². The quantitative estimate of drug-likeness (QED) is 0.455. The van der Waals surface area contributed by atoms with Gasteiger partial charge in [0.25, 0.3) is 0 Å². The highest BCUT2D eigenvalue weighted by Gasteiger charge is 2.41. The van der Waals surface area contributed by atoms with Crippen molar-refractivity contribution in [3.63, 3.8) is 0 Å². The van der Waals surface area contributed by atoms with E-state index in [-0.39, 0.29) is 0 Å². The number of benzene rings is 1. The molecule has 0 saturated carbocycles. The van der Waals surface area contributed by atoms with Crippen molar-refractivity contribution in [1.82, 2.24) is 24.9 Å². The zero-order valence-electron chi connectivity index (χ0n) is 15.2. The first-order valence-electron chi connectivity index (χ1n) is 9.22. The summed E-state index contributed by atoms with van der Waals surface area (Å²) in [5, 5.41) is 14.3. The molecule has 1 aromatic carbocycles. The lowest BCUT2D eigenvalue weighted by atomic mass is 9.90. The van der Waals surface area contributed by atoms with Crippen molar-refractivity contribution < 1.29 is 5.11 Å². The van der Waals surface area contributed by atoms with Gasteiger partial charge < -0.3 is 10.1 Å². The second-order valence-corrected chi connectivity index (χ2v) is 8.86. The van der Waals surface area contributed by atoms with Gasteiger partial charge in [-0.1, -0.05) is 18.2 Å². The lowest BCUT2D eigenvalue weighted by molar-refractivity contribution is 0.0790. The van der Waals surface area contributed by atoms with Crippen LogP contribution in [0.1, 0.15) is 22.6 Å². The van der Waals surface area contributed by atoms with Crippen LogP contribution in [0.15, 0.2) is 53.7 Å². The van der Waals surface area contributed by atoms with E-state index in [0.717, 1.165) is 50.7 Å². The molecule has 0 radical (unpaired) electrons. The molecule has 0 bridgehead atoms. The van der Waals surface area contributed by atoms with Crippen molar-refractivity contribution in [2.75, 3.05) is 0 Å². The van der Waals surface area contributed by atoms with Gasteiger partial charge in [0.05, 0.1) is 16.9 Å². The summed E-state index contributed by atoms with van der Waals surface area (Å²) in [6, 6.07) is 8.01. The Morgan fingerprint density at radius 3 is 3.00 bits per heavy atom. The normalized spacial score (nSPS) is 18.4. The van der Waals surface area contributed by atoms with Crippen molar-refractivity contribution in [3.05, 3.63) is 69.9 Å². The number of fused-ring (bicyclic) bond motifs is 2. The number of nitrogens with one attached hydrogen (secondary N) is 1. The standard InChI is InChI=1S/C21H15N5OS2/c27-21(5-4-16-18(21)25-11-29-16)13-3-1-2-12(8-13)20-26-15(10-28-20)14-9-24-19-17(14)22-6-7-23-19/h1-3,6-11,27H,4-5H2,(H,23,24)/t21-/m1/s1. The van der Waals surface area contributed by atoms with Gasteiger partial charge in [0.2, 0.25) is 0 Å². The van der Waals surface area contributed by atoms with E-state index < -0.39 is 5.60 Å². The molecule has 4 heterocycles. The fourth-order valence-electron chi connectivity index (χ4n) is 3.96. The van der Waals surface area contributed by atoms with E-state index in [0.29, 0.717) is 6.42 Å². The van der Waals surface area contributed by atoms with Crippen LogP contribution in [0.2, 0.25) is 0 Å². The third kappa shape index (κ3) is 2.57. The highest BCUT2D eigenvalue weighted by molar-refractivity contribution is 7.13. The largest absolute Gasteiger partial charge is 0.379 e. The van der Waals surface area contributed by atoms with Crippen LogP contribution in [0, 0.1) is 0 Å². The minimum Gasteiger partial charge on any atom is -0.379 e. The highest BCUT2D eigenvalue weighted by atomic mass is 32.1. The van der Waals surface area contributed by atoms with Crippen LogP contribution in [0.4, 0.5) is 0 Å². The van der Waals surface area contributed by atoms with Crippen LogP contribution >= 0.6 is 22.7 Å². The van der Waals surface area contributed by atoms with Gasteiger partial charge in [-0.25, -0.2) is 15.0 Å². The molecule has 6 nitrogen and oxygen atoms in total. The minimum absolute atomic E-state index is 0.669. The molecule has 0 saturated heterocycles. The lowest BCUT2D eigenvalue weighted by Gasteiger charge is -2.23. The molecule has 5 aromatic rings. The fourth-order valence-corrected chi connectivity index (χ4v) is 5.62. The summed E-state index contributed by atoms with van der Waals surface area (Å²) in [7, 11) is 0. The van der Waals surface area contributed by atoms with Gasteiger partial charge in [-0.2, -0.15) is 0 Å². The van der Waals surface area contributed by atoms with E-state index in [2.05, 4.69) is 19.9 Å². The highest BCUT2D eigenvalue weighted by Crippen LogP contribution is 2.43. The van der Waals surface area contributed by atoms with Gasteiger partial charge in [0.1, 0.15) is 16.1 Å². The summed E-state index contributed by atoms with van der Waals surface area (Å²) in [4.78, 5) is 22.3. The number of aryl methyl sites for hydroxylation is 1. The smallest absolute Gasteiger partial charge is 0.156 e. The van der Waals surface area contributed by atoms with Crippen molar-refractivity contribution in [2.24, 2.45) is 0 Å². The summed E-state index contributed by atoms with van der Waals surface area (Å²) < 4.78 is 0. The van der Waals surface area contributed by atoms with E-state index in [1.807, 2.05) is 41.4 Å². The molecule has 6 rings (SSSR count). The maximum Gasteiger partial charge on any atom is 0.156 e. The number of aliphatic hydroxyl groups is 1. The molecule has 29 heavy (non-hydrogen) atoms. The Balaban J connectivity index is 1.40. The molecule has 2 N–H and O–H groups in total. The molecular formula is C21H15N5OS2. The van der Waals surface area contributed by atoms with Crippen molar-refractivity contribution in [1.29, 1.82) is 0 Å². The Hall–Kier alpha value is -2.94. The molecule has 0 spiro atoms. The number of thiazole rings is 2. The average molecular weight is 418 g/mol. The molecule has 8 heteroatoms. The van der Waals surface area contributed by atoms with Gasteiger partial charge in [-0.3, -0.25) is 4.98 Å². The van der Waals surface area contributed by atoms with E-state index in [4.69, 9.17) is 4.98 Å². The molecule has 0 aliphatic heterocycles. The number of nitrogens with zero attached hydrogens (tertiary/aromatic N) is 4. The molecule has 0 fully saturated rings. The fraction of sp³-hybridized carbons (Fsp3) is 0.143. The number of hydrogen-bond acceptors (Lipinski definition) is 7. The van der Waals surface area contributed by atoms with Gasteiger partial charge in [-0.15, -0.1) is 22.7 Å². The van der Waals surface area contributed by atoms with Crippen LogP contribution in [0.5, 0.6) is 0 Å². The zero-order chi connectivity index (χ0) is 19.4.